The van der Waals surface area contributed by atoms with Crippen molar-refractivity contribution in [3.8, 4) is 0 Å². The van der Waals surface area contributed by atoms with E-state index >= 15 is 0 Å². The average molecular weight is 467 g/mol. The number of rotatable bonds is 15. The first kappa shape index (κ1) is 28.7. The summed E-state index contributed by atoms with van der Waals surface area (Å²) in [5.41, 5.74) is 0. The molecule has 9 nitrogen and oxygen atoms in total. The minimum absolute atomic E-state index is 0.0828. The number of unbranched alkanes of at least 4 members (excludes halogenated alkanes) is 1. The second-order valence-electron chi connectivity index (χ2n) is 9.52. The van der Waals surface area contributed by atoms with Gasteiger partial charge in [0.05, 0.1) is 12.1 Å². The number of nitrogens with one attached hydrogen (secondary N) is 3. The van der Waals surface area contributed by atoms with E-state index in [-0.39, 0.29) is 48.3 Å². The average Bonchev–Trinajstić information content (AvgIpc) is 3.06. The Morgan fingerprint density at radius 3 is 2.00 bits per heavy atom. The van der Waals surface area contributed by atoms with Crippen molar-refractivity contribution in [2.75, 3.05) is 13.1 Å². The summed E-state index contributed by atoms with van der Waals surface area (Å²) in [5, 5.41) is 8.69. The lowest BCUT2D eigenvalue weighted by Gasteiger charge is -2.24. The van der Waals surface area contributed by atoms with Crippen LogP contribution in [-0.4, -0.2) is 65.5 Å². The standard InChI is InChI=1S/C24H42N4O5/c1-7-25-19(14-15(2)3)24(33)26-17(6)23(32)27-18(22(31)16(4)5)10-8-9-13-28-20(29)11-12-21(28)30/h15-19,25H,7-14H2,1-6H3,(H,26,33)(H,27,32)/t17?,18-,19-/m0/s1. The molecule has 0 aromatic carbocycles. The first-order valence-corrected chi connectivity index (χ1v) is 12.2. The smallest absolute Gasteiger partial charge is 0.242 e. The van der Waals surface area contributed by atoms with Crippen LogP contribution in [-0.2, 0) is 24.0 Å². The largest absolute Gasteiger partial charge is 0.345 e. The van der Waals surface area contributed by atoms with Crippen LogP contribution in [0.25, 0.3) is 0 Å². The maximum atomic E-state index is 12.8. The summed E-state index contributed by atoms with van der Waals surface area (Å²) in [6.07, 6.45) is 2.74. The third-order valence-electron chi connectivity index (χ3n) is 5.73. The highest BCUT2D eigenvalue weighted by molar-refractivity contribution is 6.01. The molecule has 1 unspecified atom stereocenters. The van der Waals surface area contributed by atoms with Crippen LogP contribution in [0.3, 0.4) is 0 Å². The SMILES string of the molecule is CCN[C@@H](CC(C)C)C(=O)NC(C)C(=O)N[C@@H](CCCCN1C(=O)CCC1=O)C(=O)C(C)C. The number of hydrogen-bond acceptors (Lipinski definition) is 6. The highest BCUT2D eigenvalue weighted by Gasteiger charge is 2.29. The molecule has 3 atom stereocenters. The highest BCUT2D eigenvalue weighted by Crippen LogP contribution is 2.14. The Bertz CT molecular complexity index is 691. The Hall–Kier alpha value is -2.29. The van der Waals surface area contributed by atoms with E-state index in [0.29, 0.717) is 44.7 Å². The molecule has 3 N–H and O–H groups in total. The monoisotopic (exact) mass is 466 g/mol. The molecule has 0 spiro atoms. The van der Waals surface area contributed by atoms with E-state index in [1.54, 1.807) is 20.8 Å². The van der Waals surface area contributed by atoms with Crippen LogP contribution in [0.5, 0.6) is 0 Å². The first-order chi connectivity index (χ1) is 15.5. The molecule has 188 valence electrons. The third-order valence-corrected chi connectivity index (χ3v) is 5.73. The fraction of sp³-hybridized carbons (Fsp3) is 0.792. The highest BCUT2D eigenvalue weighted by atomic mass is 16.2. The fourth-order valence-electron chi connectivity index (χ4n) is 3.86. The lowest BCUT2D eigenvalue weighted by atomic mass is 9.96. The molecule has 0 radical (unpaired) electrons. The summed E-state index contributed by atoms with van der Waals surface area (Å²) in [7, 11) is 0. The number of nitrogens with zero attached hydrogens (tertiary/aromatic N) is 1. The van der Waals surface area contributed by atoms with Gasteiger partial charge in [-0.05, 0) is 45.1 Å². The van der Waals surface area contributed by atoms with Gasteiger partial charge in [0.2, 0.25) is 23.6 Å². The predicted molar refractivity (Wildman–Crippen MR) is 126 cm³/mol. The molecular weight excluding hydrogens is 424 g/mol. The van der Waals surface area contributed by atoms with Gasteiger partial charge in [-0.15, -0.1) is 0 Å². The lowest BCUT2D eigenvalue weighted by Crippen LogP contribution is -2.54. The molecule has 0 aliphatic carbocycles. The summed E-state index contributed by atoms with van der Waals surface area (Å²) in [6.45, 7) is 12.1. The van der Waals surface area contributed by atoms with Crippen LogP contribution in [0.4, 0.5) is 0 Å². The topological polar surface area (TPSA) is 125 Å². The molecule has 1 heterocycles. The Balaban J connectivity index is 2.64. The van der Waals surface area contributed by atoms with Crippen LogP contribution in [0.15, 0.2) is 0 Å². The van der Waals surface area contributed by atoms with Crippen molar-refractivity contribution < 1.29 is 24.0 Å². The molecule has 1 aliphatic heterocycles. The fourth-order valence-corrected chi connectivity index (χ4v) is 3.86. The van der Waals surface area contributed by atoms with Gasteiger partial charge in [-0.1, -0.05) is 34.6 Å². The van der Waals surface area contributed by atoms with Crippen molar-refractivity contribution in [1.29, 1.82) is 0 Å². The van der Waals surface area contributed by atoms with Crippen molar-refractivity contribution in [1.82, 2.24) is 20.9 Å². The Morgan fingerprint density at radius 2 is 1.48 bits per heavy atom. The molecule has 4 amide bonds. The summed E-state index contributed by atoms with van der Waals surface area (Å²) in [5.74, 6) is -0.969. The number of hydrogen-bond donors (Lipinski definition) is 3. The molecule has 1 saturated heterocycles. The molecule has 9 heteroatoms. The zero-order chi connectivity index (χ0) is 25.1. The molecule has 0 saturated carbocycles. The van der Waals surface area contributed by atoms with Gasteiger partial charge in [-0.3, -0.25) is 28.9 Å². The van der Waals surface area contributed by atoms with Gasteiger partial charge in [0.25, 0.3) is 0 Å². The first-order valence-electron chi connectivity index (χ1n) is 12.2. The minimum Gasteiger partial charge on any atom is -0.345 e. The summed E-state index contributed by atoms with van der Waals surface area (Å²) in [4.78, 5) is 62.7. The van der Waals surface area contributed by atoms with E-state index in [4.69, 9.17) is 0 Å². The second kappa shape index (κ2) is 14.1. The summed E-state index contributed by atoms with van der Waals surface area (Å²) < 4.78 is 0. The second-order valence-corrected chi connectivity index (χ2v) is 9.52. The number of imide groups is 1. The molecule has 0 aromatic rings. The van der Waals surface area contributed by atoms with Crippen LogP contribution in [0, 0.1) is 11.8 Å². The van der Waals surface area contributed by atoms with E-state index in [2.05, 4.69) is 16.0 Å². The van der Waals surface area contributed by atoms with Crippen molar-refractivity contribution >= 4 is 29.4 Å². The number of carbonyl (C=O) groups is 5. The van der Waals surface area contributed by atoms with E-state index in [1.165, 1.54) is 4.90 Å². The van der Waals surface area contributed by atoms with Gasteiger partial charge >= 0.3 is 0 Å². The van der Waals surface area contributed by atoms with Gasteiger partial charge in [0, 0.05) is 25.3 Å². The number of likely N-dealkylation sites (N-methyl/N-ethyl adjacent to an activating group) is 1. The molecular formula is C24H42N4O5. The van der Waals surface area contributed by atoms with Crippen LogP contribution in [0.2, 0.25) is 0 Å². The Morgan fingerprint density at radius 1 is 0.879 bits per heavy atom. The van der Waals surface area contributed by atoms with Gasteiger partial charge in [0.1, 0.15) is 6.04 Å². The molecule has 1 rings (SSSR count). The molecule has 33 heavy (non-hydrogen) atoms. The van der Waals surface area contributed by atoms with E-state index in [0.717, 1.165) is 0 Å². The van der Waals surface area contributed by atoms with Gasteiger partial charge in [-0.25, -0.2) is 0 Å². The van der Waals surface area contributed by atoms with Crippen LogP contribution >= 0.6 is 0 Å². The van der Waals surface area contributed by atoms with Crippen molar-refractivity contribution in [3.63, 3.8) is 0 Å². The van der Waals surface area contributed by atoms with E-state index in [9.17, 15) is 24.0 Å². The van der Waals surface area contributed by atoms with E-state index in [1.807, 2.05) is 20.8 Å². The Kier molecular flexibility index (Phi) is 12.3. The Labute approximate surface area is 197 Å². The van der Waals surface area contributed by atoms with Crippen molar-refractivity contribution in [2.45, 2.75) is 98.2 Å². The zero-order valence-corrected chi connectivity index (χ0v) is 21.0. The van der Waals surface area contributed by atoms with Crippen molar-refractivity contribution in [3.05, 3.63) is 0 Å². The van der Waals surface area contributed by atoms with E-state index < -0.39 is 18.0 Å². The molecule has 1 fully saturated rings. The zero-order valence-electron chi connectivity index (χ0n) is 21.0. The molecule has 0 bridgehead atoms. The number of amides is 4. The number of ketones is 1. The number of likely N-dealkylation sites (tertiary alicyclic amines) is 1. The quantitative estimate of drug-likeness (QED) is 0.248. The van der Waals surface area contributed by atoms with Gasteiger partial charge < -0.3 is 16.0 Å². The van der Waals surface area contributed by atoms with Gasteiger partial charge in [0.15, 0.2) is 5.78 Å². The minimum atomic E-state index is -0.784. The molecule has 1 aliphatic rings. The number of Topliss-reactive ketones (excluding diaryl/α,β-unsaturated/α-hetero) is 1. The maximum Gasteiger partial charge on any atom is 0.242 e. The number of carbonyl (C=O) groups excluding carboxylic acids is 5. The predicted octanol–water partition coefficient (Wildman–Crippen LogP) is 1.54. The lowest BCUT2D eigenvalue weighted by molar-refractivity contribution is -0.138. The van der Waals surface area contributed by atoms with Crippen LogP contribution < -0.4 is 16.0 Å². The van der Waals surface area contributed by atoms with Crippen molar-refractivity contribution in [2.24, 2.45) is 11.8 Å². The maximum absolute atomic E-state index is 12.8. The summed E-state index contributed by atoms with van der Waals surface area (Å²) in [6, 6.07) is -1.84. The van der Waals surface area contributed by atoms with Gasteiger partial charge in [-0.2, -0.15) is 0 Å². The molecule has 0 aromatic heterocycles. The summed E-state index contributed by atoms with van der Waals surface area (Å²) >= 11 is 0. The third kappa shape index (κ3) is 9.61. The normalized spacial score (nSPS) is 16.8. The van der Waals surface area contributed by atoms with Crippen LogP contribution in [0.1, 0.15) is 80.1 Å².